The zero-order chi connectivity index (χ0) is 18.0. The van der Waals surface area contributed by atoms with Gasteiger partial charge >= 0.3 is 0 Å². The van der Waals surface area contributed by atoms with Gasteiger partial charge in [0, 0.05) is 23.5 Å². The number of rotatable bonds is 4. The van der Waals surface area contributed by atoms with Crippen molar-refractivity contribution < 1.29 is 4.79 Å². The Morgan fingerprint density at radius 3 is 2.52 bits per heavy atom. The molecule has 0 saturated heterocycles. The van der Waals surface area contributed by atoms with Gasteiger partial charge < -0.3 is 5.32 Å². The number of nitrogens with zero attached hydrogens (tertiary/aromatic N) is 3. The van der Waals surface area contributed by atoms with Crippen molar-refractivity contribution in [1.82, 2.24) is 20.1 Å². The van der Waals surface area contributed by atoms with Crippen molar-refractivity contribution in [3.63, 3.8) is 0 Å². The number of carbonyl (C=O) groups is 1. The third-order valence-corrected chi connectivity index (χ3v) is 4.65. The van der Waals surface area contributed by atoms with Crippen LogP contribution in [-0.4, -0.2) is 20.7 Å². The van der Waals surface area contributed by atoms with Gasteiger partial charge in [0.25, 0.3) is 5.91 Å². The number of benzene rings is 1. The number of halogens is 1. The number of aryl methyl sites for hydroxylation is 1. The lowest BCUT2D eigenvalue weighted by atomic mass is 10.2. The van der Waals surface area contributed by atoms with Gasteiger partial charge in [-0.3, -0.25) is 4.79 Å². The van der Waals surface area contributed by atoms with Crippen LogP contribution in [0.15, 0.2) is 42.6 Å². The highest BCUT2D eigenvalue weighted by Crippen LogP contribution is 2.16. The van der Waals surface area contributed by atoms with Gasteiger partial charge in [0.15, 0.2) is 5.82 Å². The summed E-state index contributed by atoms with van der Waals surface area (Å²) in [5, 5.41) is 7.97. The van der Waals surface area contributed by atoms with Crippen LogP contribution in [0.1, 0.15) is 32.9 Å². The first kappa shape index (κ1) is 17.2. The standard InChI is InChI=1S/C19H19ClN4O/c1-12-13(2)23-24(14(12)3)18-9-8-16(11-21-18)19(25)22-10-15-6-4-5-7-17(15)20/h4-9,11H,10H2,1-3H3,(H,22,25). The molecule has 1 aromatic carbocycles. The molecule has 5 nitrogen and oxygen atoms in total. The zero-order valence-electron chi connectivity index (χ0n) is 14.4. The molecule has 2 aromatic heterocycles. The highest BCUT2D eigenvalue weighted by Gasteiger charge is 2.11. The molecule has 0 bridgehead atoms. The Kier molecular flexibility index (Phi) is 4.86. The summed E-state index contributed by atoms with van der Waals surface area (Å²) in [4.78, 5) is 16.7. The first-order valence-electron chi connectivity index (χ1n) is 7.98. The lowest BCUT2D eigenvalue weighted by Gasteiger charge is -2.08. The van der Waals surface area contributed by atoms with Gasteiger partial charge in [-0.15, -0.1) is 0 Å². The fourth-order valence-electron chi connectivity index (χ4n) is 2.51. The Balaban J connectivity index is 1.72. The van der Waals surface area contributed by atoms with E-state index in [2.05, 4.69) is 15.4 Å². The lowest BCUT2D eigenvalue weighted by molar-refractivity contribution is 0.0950. The van der Waals surface area contributed by atoms with Crippen LogP contribution in [0.5, 0.6) is 0 Å². The fourth-order valence-corrected chi connectivity index (χ4v) is 2.71. The average molecular weight is 355 g/mol. The molecule has 0 aliphatic carbocycles. The number of amides is 1. The summed E-state index contributed by atoms with van der Waals surface area (Å²) in [6.45, 7) is 6.37. The van der Waals surface area contributed by atoms with Crippen LogP contribution >= 0.6 is 11.6 Å². The second-order valence-corrected chi connectivity index (χ2v) is 6.29. The molecule has 2 heterocycles. The molecule has 25 heavy (non-hydrogen) atoms. The highest BCUT2D eigenvalue weighted by atomic mass is 35.5. The van der Waals surface area contributed by atoms with Gasteiger partial charge in [-0.05, 0) is 50.1 Å². The molecule has 0 saturated carbocycles. The first-order chi connectivity index (χ1) is 12.0. The molecule has 1 amide bonds. The molecule has 3 rings (SSSR count). The minimum absolute atomic E-state index is 0.191. The summed E-state index contributed by atoms with van der Waals surface area (Å²) in [7, 11) is 0. The van der Waals surface area contributed by atoms with Crippen molar-refractivity contribution in [3.05, 3.63) is 75.7 Å². The quantitative estimate of drug-likeness (QED) is 0.775. The van der Waals surface area contributed by atoms with Gasteiger partial charge in [0.1, 0.15) is 0 Å². The molecule has 128 valence electrons. The average Bonchev–Trinajstić information content (AvgIpc) is 2.88. The van der Waals surface area contributed by atoms with E-state index in [0.29, 0.717) is 22.9 Å². The Hall–Kier alpha value is -2.66. The molecule has 0 radical (unpaired) electrons. The normalized spacial score (nSPS) is 10.7. The van der Waals surface area contributed by atoms with Gasteiger partial charge in [-0.25, -0.2) is 9.67 Å². The molecule has 0 unspecified atom stereocenters. The maximum Gasteiger partial charge on any atom is 0.253 e. The van der Waals surface area contributed by atoms with Crippen molar-refractivity contribution in [1.29, 1.82) is 0 Å². The number of carbonyl (C=O) groups excluding carboxylic acids is 1. The summed E-state index contributed by atoms with van der Waals surface area (Å²) in [5.74, 6) is 0.500. The van der Waals surface area contributed by atoms with Crippen LogP contribution in [-0.2, 0) is 6.54 Å². The Labute approximate surface area is 151 Å². The van der Waals surface area contributed by atoms with Crippen LogP contribution < -0.4 is 5.32 Å². The van der Waals surface area contributed by atoms with Gasteiger partial charge in [-0.2, -0.15) is 5.10 Å². The predicted octanol–water partition coefficient (Wildman–Crippen LogP) is 3.78. The second kappa shape index (κ2) is 7.07. The number of aromatic nitrogens is 3. The van der Waals surface area contributed by atoms with E-state index in [1.165, 1.54) is 0 Å². The van der Waals surface area contributed by atoms with Crippen molar-refractivity contribution in [3.8, 4) is 5.82 Å². The molecule has 0 aliphatic rings. The summed E-state index contributed by atoms with van der Waals surface area (Å²) in [6.07, 6.45) is 1.56. The fraction of sp³-hybridized carbons (Fsp3) is 0.211. The number of hydrogen-bond acceptors (Lipinski definition) is 3. The summed E-state index contributed by atoms with van der Waals surface area (Å²) < 4.78 is 1.79. The summed E-state index contributed by atoms with van der Waals surface area (Å²) >= 11 is 6.10. The van der Waals surface area contributed by atoms with E-state index in [0.717, 1.165) is 22.5 Å². The third-order valence-electron chi connectivity index (χ3n) is 4.28. The highest BCUT2D eigenvalue weighted by molar-refractivity contribution is 6.31. The predicted molar refractivity (Wildman–Crippen MR) is 98.2 cm³/mol. The van der Waals surface area contributed by atoms with Crippen molar-refractivity contribution in [2.45, 2.75) is 27.3 Å². The minimum Gasteiger partial charge on any atom is -0.348 e. The van der Waals surface area contributed by atoms with Crippen LogP contribution in [0.3, 0.4) is 0 Å². The van der Waals surface area contributed by atoms with E-state index in [1.807, 2.05) is 39.0 Å². The number of nitrogens with one attached hydrogen (secondary N) is 1. The maximum absolute atomic E-state index is 12.3. The SMILES string of the molecule is Cc1nn(-c2ccc(C(=O)NCc3ccccc3Cl)cn2)c(C)c1C. The maximum atomic E-state index is 12.3. The molecule has 1 N–H and O–H groups in total. The summed E-state index contributed by atoms with van der Waals surface area (Å²) in [6, 6.07) is 11.0. The minimum atomic E-state index is -0.191. The van der Waals surface area contributed by atoms with E-state index in [9.17, 15) is 4.79 Å². The van der Waals surface area contributed by atoms with E-state index < -0.39 is 0 Å². The molecule has 0 atom stereocenters. The molecule has 0 fully saturated rings. The number of pyridine rings is 1. The third kappa shape index (κ3) is 3.56. The molecule has 0 aliphatic heterocycles. The van der Waals surface area contributed by atoms with Crippen LogP contribution in [0.2, 0.25) is 5.02 Å². The van der Waals surface area contributed by atoms with E-state index >= 15 is 0 Å². The monoisotopic (exact) mass is 354 g/mol. The van der Waals surface area contributed by atoms with Gasteiger partial charge in [0.05, 0.1) is 11.3 Å². The molecular formula is C19H19ClN4O. The van der Waals surface area contributed by atoms with Gasteiger partial charge in [-0.1, -0.05) is 29.8 Å². The first-order valence-corrected chi connectivity index (χ1v) is 8.36. The smallest absolute Gasteiger partial charge is 0.253 e. The molecule has 0 spiro atoms. The zero-order valence-corrected chi connectivity index (χ0v) is 15.1. The molecule has 3 aromatic rings. The lowest BCUT2D eigenvalue weighted by Crippen LogP contribution is -2.23. The largest absolute Gasteiger partial charge is 0.348 e. The van der Waals surface area contributed by atoms with Gasteiger partial charge in [0.2, 0.25) is 0 Å². The van der Waals surface area contributed by atoms with Crippen LogP contribution in [0.25, 0.3) is 5.82 Å². The van der Waals surface area contributed by atoms with E-state index in [1.54, 1.807) is 29.1 Å². The van der Waals surface area contributed by atoms with Crippen LogP contribution in [0, 0.1) is 20.8 Å². The van der Waals surface area contributed by atoms with Crippen LogP contribution in [0.4, 0.5) is 0 Å². The van der Waals surface area contributed by atoms with Crippen molar-refractivity contribution in [2.75, 3.05) is 0 Å². The Morgan fingerprint density at radius 2 is 1.92 bits per heavy atom. The Bertz CT molecular complexity index is 916. The van der Waals surface area contributed by atoms with E-state index in [-0.39, 0.29) is 5.91 Å². The van der Waals surface area contributed by atoms with Crippen molar-refractivity contribution >= 4 is 17.5 Å². The summed E-state index contributed by atoms with van der Waals surface area (Å²) in [5.41, 5.74) is 4.53. The van der Waals surface area contributed by atoms with E-state index in [4.69, 9.17) is 11.6 Å². The molecular weight excluding hydrogens is 336 g/mol. The second-order valence-electron chi connectivity index (χ2n) is 5.89. The topological polar surface area (TPSA) is 59.8 Å². The molecule has 6 heteroatoms. The number of hydrogen-bond donors (Lipinski definition) is 1. The van der Waals surface area contributed by atoms with Crippen molar-refractivity contribution in [2.24, 2.45) is 0 Å². The Morgan fingerprint density at radius 1 is 1.16 bits per heavy atom.